The molecule has 0 radical (unpaired) electrons. The lowest BCUT2D eigenvalue weighted by molar-refractivity contribution is 0.0623. The molecule has 0 bridgehead atoms. The smallest absolute Gasteiger partial charge is 0.253 e. The van der Waals surface area contributed by atoms with Crippen LogP contribution in [0.25, 0.3) is 0 Å². The number of piperidine rings is 1. The Hall–Kier alpha value is -1.66. The van der Waals surface area contributed by atoms with E-state index in [9.17, 15) is 13.2 Å². The summed E-state index contributed by atoms with van der Waals surface area (Å²) in [5.41, 5.74) is 0.410. The van der Waals surface area contributed by atoms with E-state index in [4.69, 9.17) is 0 Å². The molecule has 126 valence electrons. The van der Waals surface area contributed by atoms with Gasteiger partial charge in [0.1, 0.15) is 0 Å². The summed E-state index contributed by atoms with van der Waals surface area (Å²) in [6.45, 7) is 9.35. The Morgan fingerprint density at radius 3 is 2.61 bits per heavy atom. The van der Waals surface area contributed by atoms with Crippen molar-refractivity contribution in [1.82, 2.24) is 9.62 Å². The minimum atomic E-state index is -3.62. The summed E-state index contributed by atoms with van der Waals surface area (Å²) in [6, 6.07) is 6.20. The number of amides is 1. The van der Waals surface area contributed by atoms with Crippen LogP contribution in [0, 0.1) is 11.8 Å². The molecule has 1 amide bonds. The zero-order chi connectivity index (χ0) is 17.0. The first-order valence-electron chi connectivity index (χ1n) is 7.83. The van der Waals surface area contributed by atoms with Crippen LogP contribution in [0.1, 0.15) is 30.6 Å². The SMILES string of the molecule is C=CCNS(=O)(=O)c1cccc(C(=O)N2CC(C)CC(C)C2)c1. The van der Waals surface area contributed by atoms with Crippen LogP contribution in [0.3, 0.4) is 0 Å². The van der Waals surface area contributed by atoms with Crippen molar-refractivity contribution >= 4 is 15.9 Å². The van der Waals surface area contributed by atoms with E-state index in [1.807, 2.05) is 4.90 Å². The van der Waals surface area contributed by atoms with E-state index < -0.39 is 10.0 Å². The Bertz CT molecular complexity index is 675. The molecule has 23 heavy (non-hydrogen) atoms. The summed E-state index contributed by atoms with van der Waals surface area (Å²) in [7, 11) is -3.62. The molecule has 1 heterocycles. The summed E-state index contributed by atoms with van der Waals surface area (Å²) in [5.74, 6) is 0.817. The third-order valence-corrected chi connectivity index (χ3v) is 5.39. The monoisotopic (exact) mass is 336 g/mol. The van der Waals surface area contributed by atoms with Gasteiger partial charge < -0.3 is 4.90 Å². The molecular weight excluding hydrogens is 312 g/mol. The van der Waals surface area contributed by atoms with Gasteiger partial charge in [0.2, 0.25) is 10.0 Å². The van der Waals surface area contributed by atoms with Crippen LogP contribution in [0.15, 0.2) is 41.8 Å². The summed E-state index contributed by atoms with van der Waals surface area (Å²) in [4.78, 5) is 14.6. The summed E-state index contributed by atoms with van der Waals surface area (Å²) in [6.07, 6.45) is 2.59. The third kappa shape index (κ3) is 4.42. The number of hydrogen-bond acceptors (Lipinski definition) is 3. The third-order valence-electron chi connectivity index (χ3n) is 3.97. The number of benzene rings is 1. The van der Waals surface area contributed by atoms with E-state index in [1.54, 1.807) is 12.1 Å². The molecule has 0 aromatic heterocycles. The van der Waals surface area contributed by atoms with E-state index in [0.29, 0.717) is 17.4 Å². The van der Waals surface area contributed by atoms with Crippen LogP contribution in [0.5, 0.6) is 0 Å². The molecule has 0 saturated carbocycles. The molecule has 1 aliphatic heterocycles. The minimum absolute atomic E-state index is 0.100. The Labute approximate surface area is 138 Å². The number of carbonyl (C=O) groups is 1. The lowest BCUT2D eigenvalue weighted by Gasteiger charge is -2.35. The molecule has 0 spiro atoms. The van der Waals surface area contributed by atoms with Gasteiger partial charge in [-0.15, -0.1) is 6.58 Å². The molecule has 1 aromatic rings. The molecule has 0 aliphatic carbocycles. The molecule has 2 atom stereocenters. The predicted molar refractivity (Wildman–Crippen MR) is 90.7 cm³/mol. The van der Waals surface area contributed by atoms with E-state index in [2.05, 4.69) is 25.1 Å². The van der Waals surface area contributed by atoms with E-state index in [-0.39, 0.29) is 17.3 Å². The van der Waals surface area contributed by atoms with Gasteiger partial charge in [-0.3, -0.25) is 4.79 Å². The fourth-order valence-corrected chi connectivity index (χ4v) is 4.10. The number of nitrogens with zero attached hydrogens (tertiary/aromatic N) is 1. The first-order chi connectivity index (χ1) is 10.8. The second-order valence-electron chi connectivity index (χ2n) is 6.32. The quantitative estimate of drug-likeness (QED) is 0.839. The van der Waals surface area contributed by atoms with Crippen LogP contribution >= 0.6 is 0 Å². The number of rotatable bonds is 5. The number of sulfonamides is 1. The maximum atomic E-state index is 12.7. The average molecular weight is 336 g/mol. The summed E-state index contributed by atoms with van der Waals surface area (Å²) in [5, 5.41) is 0. The Balaban J connectivity index is 2.22. The van der Waals surface area contributed by atoms with Gasteiger partial charge in [-0.05, 0) is 36.5 Å². The van der Waals surface area contributed by atoms with Gasteiger partial charge in [-0.1, -0.05) is 26.0 Å². The lowest BCUT2D eigenvalue weighted by Crippen LogP contribution is -2.42. The highest BCUT2D eigenvalue weighted by Crippen LogP contribution is 2.23. The van der Waals surface area contributed by atoms with Crippen molar-refractivity contribution in [2.45, 2.75) is 25.2 Å². The summed E-state index contributed by atoms with van der Waals surface area (Å²) >= 11 is 0. The highest BCUT2D eigenvalue weighted by Gasteiger charge is 2.26. The molecule has 1 fully saturated rings. The van der Waals surface area contributed by atoms with Crippen LogP contribution in [-0.4, -0.2) is 38.9 Å². The molecule has 2 unspecified atom stereocenters. The number of likely N-dealkylation sites (tertiary alicyclic amines) is 1. The van der Waals surface area contributed by atoms with Crippen LogP contribution in [0.4, 0.5) is 0 Å². The maximum Gasteiger partial charge on any atom is 0.253 e. The Kier molecular flexibility index (Phi) is 5.59. The second kappa shape index (κ2) is 7.27. The Morgan fingerprint density at radius 2 is 2.00 bits per heavy atom. The zero-order valence-electron chi connectivity index (χ0n) is 13.7. The van der Waals surface area contributed by atoms with E-state index in [1.165, 1.54) is 18.2 Å². The van der Waals surface area contributed by atoms with Crippen molar-refractivity contribution in [1.29, 1.82) is 0 Å². The number of nitrogens with one attached hydrogen (secondary N) is 1. The fourth-order valence-electron chi connectivity index (χ4n) is 3.06. The van der Waals surface area contributed by atoms with Crippen molar-refractivity contribution in [3.8, 4) is 0 Å². The molecule has 1 N–H and O–H groups in total. The lowest BCUT2D eigenvalue weighted by atomic mass is 9.91. The topological polar surface area (TPSA) is 66.5 Å². The average Bonchev–Trinajstić information content (AvgIpc) is 2.51. The van der Waals surface area contributed by atoms with E-state index in [0.717, 1.165) is 19.5 Å². The van der Waals surface area contributed by atoms with E-state index >= 15 is 0 Å². The van der Waals surface area contributed by atoms with Gasteiger partial charge in [0, 0.05) is 25.2 Å². The second-order valence-corrected chi connectivity index (χ2v) is 8.09. The van der Waals surface area contributed by atoms with Gasteiger partial charge >= 0.3 is 0 Å². The van der Waals surface area contributed by atoms with Gasteiger partial charge in [0.05, 0.1) is 4.90 Å². The van der Waals surface area contributed by atoms with Crippen LogP contribution in [-0.2, 0) is 10.0 Å². The molecule has 1 aromatic carbocycles. The molecule has 5 nitrogen and oxygen atoms in total. The van der Waals surface area contributed by atoms with Crippen molar-refractivity contribution < 1.29 is 13.2 Å². The molecular formula is C17H24N2O3S. The van der Waals surface area contributed by atoms with Crippen LogP contribution < -0.4 is 4.72 Å². The minimum Gasteiger partial charge on any atom is -0.338 e. The largest absolute Gasteiger partial charge is 0.338 e. The van der Waals surface area contributed by atoms with Crippen molar-refractivity contribution in [2.24, 2.45) is 11.8 Å². The first-order valence-corrected chi connectivity index (χ1v) is 9.31. The highest BCUT2D eigenvalue weighted by molar-refractivity contribution is 7.89. The van der Waals surface area contributed by atoms with Crippen molar-refractivity contribution in [3.05, 3.63) is 42.5 Å². The maximum absolute atomic E-state index is 12.7. The van der Waals surface area contributed by atoms with Gasteiger partial charge in [-0.25, -0.2) is 13.1 Å². The zero-order valence-corrected chi connectivity index (χ0v) is 14.5. The van der Waals surface area contributed by atoms with Crippen molar-refractivity contribution in [3.63, 3.8) is 0 Å². The Morgan fingerprint density at radius 1 is 1.35 bits per heavy atom. The molecule has 6 heteroatoms. The fraction of sp³-hybridized carbons (Fsp3) is 0.471. The standard InChI is InChI=1S/C17H24N2O3S/c1-4-8-18-23(21,22)16-7-5-6-15(10-16)17(20)19-11-13(2)9-14(3)12-19/h4-7,10,13-14,18H,1,8-9,11-12H2,2-3H3. The van der Waals surface area contributed by atoms with Crippen molar-refractivity contribution in [2.75, 3.05) is 19.6 Å². The number of carbonyl (C=O) groups excluding carboxylic acids is 1. The molecule has 1 saturated heterocycles. The number of hydrogen-bond donors (Lipinski definition) is 1. The van der Waals surface area contributed by atoms with Gasteiger partial charge in [0.25, 0.3) is 5.91 Å². The summed E-state index contributed by atoms with van der Waals surface area (Å²) < 4.78 is 26.7. The van der Waals surface area contributed by atoms with Gasteiger partial charge in [0.15, 0.2) is 0 Å². The molecule has 2 rings (SSSR count). The predicted octanol–water partition coefficient (Wildman–Crippen LogP) is 2.27. The first kappa shape index (κ1) is 17.7. The highest BCUT2D eigenvalue weighted by atomic mass is 32.2. The van der Waals surface area contributed by atoms with Crippen LogP contribution in [0.2, 0.25) is 0 Å². The molecule has 1 aliphatic rings. The normalized spacial score (nSPS) is 21.9. The van der Waals surface area contributed by atoms with Gasteiger partial charge in [-0.2, -0.15) is 0 Å².